The Bertz CT molecular complexity index is 508. The molecule has 128 valence electrons. The van der Waals surface area contributed by atoms with E-state index >= 15 is 0 Å². The Kier molecular flexibility index (Phi) is 6.37. The van der Waals surface area contributed by atoms with Gasteiger partial charge in [0, 0.05) is 26.4 Å². The van der Waals surface area contributed by atoms with Crippen LogP contribution in [0.1, 0.15) is 26.7 Å². The summed E-state index contributed by atoms with van der Waals surface area (Å²) < 4.78 is 23.0. The lowest BCUT2D eigenvalue weighted by molar-refractivity contribution is -0.141. The number of sulfone groups is 1. The van der Waals surface area contributed by atoms with Gasteiger partial charge in [-0.05, 0) is 39.8 Å². The molecule has 0 saturated carbocycles. The molecular weight excluding hydrogens is 306 g/mol. The lowest BCUT2D eigenvalue weighted by Gasteiger charge is -2.37. The SMILES string of the molecule is CCN(CC)C(=O)CN(C)C(=O)C1(S(C)(=O)=O)CCNCC1. The van der Waals surface area contributed by atoms with Crippen LogP contribution in [0.5, 0.6) is 0 Å². The van der Waals surface area contributed by atoms with Gasteiger partial charge in [-0.25, -0.2) is 8.42 Å². The predicted molar refractivity (Wildman–Crippen MR) is 85.2 cm³/mol. The quantitative estimate of drug-likeness (QED) is 0.707. The monoisotopic (exact) mass is 333 g/mol. The van der Waals surface area contributed by atoms with Gasteiger partial charge in [0.25, 0.3) is 0 Å². The topological polar surface area (TPSA) is 86.8 Å². The smallest absolute Gasteiger partial charge is 0.244 e. The molecule has 0 spiro atoms. The second-order valence-corrected chi connectivity index (χ2v) is 8.07. The molecule has 7 nitrogen and oxygen atoms in total. The van der Waals surface area contributed by atoms with Crippen molar-refractivity contribution in [3.63, 3.8) is 0 Å². The predicted octanol–water partition coefficient (Wildman–Crippen LogP) is -0.520. The molecule has 1 saturated heterocycles. The van der Waals surface area contributed by atoms with Crippen LogP contribution in [-0.4, -0.2) is 80.8 Å². The molecule has 0 radical (unpaired) electrons. The van der Waals surface area contributed by atoms with Crippen LogP contribution >= 0.6 is 0 Å². The number of carbonyl (C=O) groups is 2. The molecule has 0 aromatic rings. The molecule has 0 unspecified atom stereocenters. The van der Waals surface area contributed by atoms with Crippen molar-refractivity contribution in [3.8, 4) is 0 Å². The summed E-state index contributed by atoms with van der Waals surface area (Å²) in [7, 11) is -2.06. The summed E-state index contributed by atoms with van der Waals surface area (Å²) in [6.45, 7) is 5.75. The highest BCUT2D eigenvalue weighted by Gasteiger charge is 2.50. The maximum Gasteiger partial charge on any atom is 0.244 e. The fraction of sp³-hybridized carbons (Fsp3) is 0.857. The number of rotatable bonds is 6. The maximum atomic E-state index is 12.7. The number of nitrogens with one attached hydrogen (secondary N) is 1. The molecule has 0 bridgehead atoms. The Morgan fingerprint density at radius 3 is 2.05 bits per heavy atom. The van der Waals surface area contributed by atoms with E-state index in [9.17, 15) is 18.0 Å². The number of likely N-dealkylation sites (N-methyl/N-ethyl adjacent to an activating group) is 2. The molecule has 2 amide bonds. The van der Waals surface area contributed by atoms with Crippen LogP contribution < -0.4 is 5.32 Å². The number of nitrogens with zero attached hydrogens (tertiary/aromatic N) is 2. The summed E-state index contributed by atoms with van der Waals surface area (Å²) in [4.78, 5) is 27.8. The summed E-state index contributed by atoms with van der Waals surface area (Å²) in [6, 6.07) is 0. The van der Waals surface area contributed by atoms with Crippen LogP contribution in [0, 0.1) is 0 Å². The van der Waals surface area contributed by atoms with Crippen molar-refractivity contribution in [1.29, 1.82) is 0 Å². The van der Waals surface area contributed by atoms with Gasteiger partial charge in [-0.3, -0.25) is 9.59 Å². The van der Waals surface area contributed by atoms with E-state index in [1.807, 2.05) is 13.8 Å². The molecule has 1 rings (SSSR count). The summed E-state index contributed by atoms with van der Waals surface area (Å²) in [6.07, 6.45) is 1.60. The second-order valence-electron chi connectivity index (χ2n) is 5.74. The van der Waals surface area contributed by atoms with Gasteiger partial charge in [0.15, 0.2) is 14.6 Å². The molecule has 0 aliphatic carbocycles. The highest BCUT2D eigenvalue weighted by atomic mass is 32.2. The van der Waals surface area contributed by atoms with Crippen molar-refractivity contribution in [2.75, 3.05) is 46.0 Å². The molecule has 0 atom stereocenters. The van der Waals surface area contributed by atoms with Gasteiger partial charge in [-0.2, -0.15) is 0 Å². The van der Waals surface area contributed by atoms with E-state index < -0.39 is 20.5 Å². The fourth-order valence-corrected chi connectivity index (χ4v) is 4.29. The van der Waals surface area contributed by atoms with Crippen molar-refractivity contribution in [2.24, 2.45) is 0 Å². The summed E-state index contributed by atoms with van der Waals surface area (Å²) in [5.74, 6) is -0.643. The van der Waals surface area contributed by atoms with Crippen molar-refractivity contribution in [1.82, 2.24) is 15.1 Å². The maximum absolute atomic E-state index is 12.7. The highest BCUT2D eigenvalue weighted by molar-refractivity contribution is 7.92. The zero-order valence-electron chi connectivity index (χ0n) is 13.9. The largest absolute Gasteiger partial charge is 0.342 e. The molecule has 22 heavy (non-hydrogen) atoms. The Morgan fingerprint density at radius 1 is 1.14 bits per heavy atom. The van der Waals surface area contributed by atoms with Gasteiger partial charge in [0.05, 0.1) is 6.54 Å². The summed E-state index contributed by atoms with van der Waals surface area (Å²) >= 11 is 0. The first-order chi connectivity index (χ1) is 10.2. The minimum absolute atomic E-state index is 0.0921. The first-order valence-electron chi connectivity index (χ1n) is 7.63. The lowest BCUT2D eigenvalue weighted by atomic mass is 9.95. The third-order valence-electron chi connectivity index (χ3n) is 4.35. The van der Waals surface area contributed by atoms with E-state index in [1.54, 1.807) is 4.90 Å². The van der Waals surface area contributed by atoms with Gasteiger partial charge in [-0.15, -0.1) is 0 Å². The van der Waals surface area contributed by atoms with Crippen LogP contribution in [0.2, 0.25) is 0 Å². The molecule has 8 heteroatoms. The Balaban J connectivity index is 2.93. The van der Waals surface area contributed by atoms with E-state index in [4.69, 9.17) is 0 Å². The van der Waals surface area contributed by atoms with Crippen molar-refractivity contribution >= 4 is 21.7 Å². The van der Waals surface area contributed by atoms with Gasteiger partial charge in [0.2, 0.25) is 11.8 Å². The van der Waals surface area contributed by atoms with Crippen LogP contribution in [0.4, 0.5) is 0 Å². The second kappa shape index (κ2) is 7.41. The fourth-order valence-electron chi connectivity index (χ4n) is 2.87. The summed E-state index contributed by atoms with van der Waals surface area (Å²) in [5.41, 5.74) is 0. The Labute approximate surface area is 132 Å². The lowest BCUT2D eigenvalue weighted by Crippen LogP contribution is -2.58. The molecule has 1 N–H and O–H groups in total. The zero-order valence-corrected chi connectivity index (χ0v) is 14.7. The normalized spacial score (nSPS) is 17.8. The summed E-state index contributed by atoms with van der Waals surface area (Å²) in [5, 5.41) is 3.07. The van der Waals surface area contributed by atoms with E-state index in [-0.39, 0.29) is 25.3 Å². The first-order valence-corrected chi connectivity index (χ1v) is 9.52. The third-order valence-corrected chi connectivity index (χ3v) is 6.35. The van der Waals surface area contributed by atoms with E-state index in [2.05, 4.69) is 5.32 Å². The number of amides is 2. The molecule has 1 fully saturated rings. The molecule has 1 aliphatic heterocycles. The number of hydrogen-bond donors (Lipinski definition) is 1. The van der Waals surface area contributed by atoms with Crippen molar-refractivity contribution < 1.29 is 18.0 Å². The van der Waals surface area contributed by atoms with E-state index in [1.165, 1.54) is 11.9 Å². The van der Waals surface area contributed by atoms with Gasteiger partial charge in [-0.1, -0.05) is 0 Å². The highest BCUT2D eigenvalue weighted by Crippen LogP contribution is 2.29. The van der Waals surface area contributed by atoms with Crippen molar-refractivity contribution in [3.05, 3.63) is 0 Å². The third kappa shape index (κ3) is 3.78. The standard InChI is InChI=1S/C14H27N3O4S/c1-5-17(6-2)12(18)11-16(3)13(19)14(22(4,20)21)7-9-15-10-8-14/h15H,5-11H2,1-4H3. The first kappa shape index (κ1) is 18.9. The Hall–Kier alpha value is -1.15. The van der Waals surface area contributed by atoms with Crippen molar-refractivity contribution in [2.45, 2.75) is 31.4 Å². The molecule has 0 aromatic carbocycles. The number of carbonyl (C=O) groups excluding carboxylic acids is 2. The molecule has 1 heterocycles. The van der Waals surface area contributed by atoms with Crippen LogP contribution in [0.3, 0.4) is 0 Å². The van der Waals surface area contributed by atoms with Gasteiger partial charge in [0.1, 0.15) is 0 Å². The number of hydrogen-bond acceptors (Lipinski definition) is 5. The Morgan fingerprint density at radius 2 is 1.64 bits per heavy atom. The van der Waals surface area contributed by atoms with E-state index in [0.29, 0.717) is 26.2 Å². The van der Waals surface area contributed by atoms with Gasteiger partial charge >= 0.3 is 0 Å². The molecule has 0 aromatic heterocycles. The average molecular weight is 333 g/mol. The van der Waals surface area contributed by atoms with Crippen LogP contribution in [0.25, 0.3) is 0 Å². The van der Waals surface area contributed by atoms with Crippen LogP contribution in [0.15, 0.2) is 0 Å². The minimum Gasteiger partial charge on any atom is -0.342 e. The number of piperidine rings is 1. The molecular formula is C14H27N3O4S. The zero-order chi connectivity index (χ0) is 17.0. The molecule has 1 aliphatic rings. The van der Waals surface area contributed by atoms with Crippen LogP contribution in [-0.2, 0) is 19.4 Å². The van der Waals surface area contributed by atoms with E-state index in [0.717, 1.165) is 6.26 Å². The van der Waals surface area contributed by atoms with Gasteiger partial charge < -0.3 is 15.1 Å². The minimum atomic E-state index is -3.56. The average Bonchev–Trinajstić information content (AvgIpc) is 2.47.